The van der Waals surface area contributed by atoms with E-state index in [1.165, 1.54) is 18.7 Å². The molecule has 0 N–H and O–H groups in total. The van der Waals surface area contributed by atoms with Gasteiger partial charge in [0.05, 0.1) is 0 Å². The van der Waals surface area contributed by atoms with Gasteiger partial charge in [0, 0.05) is 24.9 Å². The van der Waals surface area contributed by atoms with Crippen LogP contribution in [0.2, 0.25) is 0 Å². The first-order valence-electron chi connectivity index (χ1n) is 6.59. The number of rotatable bonds is 2. The van der Waals surface area contributed by atoms with Gasteiger partial charge in [-0.1, -0.05) is 0 Å². The third-order valence-corrected chi connectivity index (χ3v) is 3.25. The van der Waals surface area contributed by atoms with Crippen LogP contribution in [-0.4, -0.2) is 41.3 Å². The van der Waals surface area contributed by atoms with Gasteiger partial charge in [0.15, 0.2) is 0 Å². The highest BCUT2D eigenvalue weighted by Gasteiger charge is 2.35. The number of piperidine rings is 1. The summed E-state index contributed by atoms with van der Waals surface area (Å²) in [5, 5.41) is 0. The van der Waals surface area contributed by atoms with Gasteiger partial charge in [-0.2, -0.15) is 0 Å². The largest absolute Gasteiger partial charge is 0.444 e. The molecule has 0 aromatic rings. The second kappa shape index (κ2) is 5.72. The van der Waals surface area contributed by atoms with Crippen molar-refractivity contribution in [1.29, 1.82) is 0 Å². The molecule has 19 heavy (non-hydrogen) atoms. The molecule has 0 bridgehead atoms. The number of ether oxygens (including phenoxy) is 1. The average molecular weight is 269 g/mol. The highest BCUT2D eigenvalue weighted by atomic mass is 16.6. The molecule has 1 fully saturated rings. The number of hydrogen-bond acceptors (Lipinski definition) is 4. The lowest BCUT2D eigenvalue weighted by atomic mass is 9.85. The SMILES string of the molecule is CC(=O)[C@@H]1C[C@H](C(C)=O)CN(C(=O)OC(C)(C)C)C1. The number of nitrogens with zero attached hydrogens (tertiary/aromatic N) is 1. The van der Waals surface area contributed by atoms with Crippen molar-refractivity contribution in [3.8, 4) is 0 Å². The van der Waals surface area contributed by atoms with E-state index < -0.39 is 11.7 Å². The van der Waals surface area contributed by atoms with Gasteiger partial charge in [0.1, 0.15) is 17.2 Å². The second-order valence-corrected chi connectivity index (χ2v) is 6.24. The number of carbonyl (C=O) groups is 3. The normalized spacial score (nSPS) is 23.9. The van der Waals surface area contributed by atoms with Crippen LogP contribution in [0.1, 0.15) is 41.0 Å². The van der Waals surface area contributed by atoms with Gasteiger partial charge in [0.25, 0.3) is 0 Å². The molecular formula is C14H23NO4. The minimum absolute atomic E-state index is 0.0134. The average Bonchev–Trinajstić information content (AvgIpc) is 2.25. The Kier molecular flexibility index (Phi) is 4.71. The molecule has 0 unspecified atom stereocenters. The summed E-state index contributed by atoms with van der Waals surface area (Å²) in [6, 6.07) is 0. The van der Waals surface area contributed by atoms with E-state index in [0.717, 1.165) is 0 Å². The first-order chi connectivity index (χ1) is 8.60. The topological polar surface area (TPSA) is 63.7 Å². The standard InChI is InChI=1S/C14H23NO4/c1-9(16)11-6-12(10(2)17)8-15(7-11)13(18)19-14(3,4)5/h11-12H,6-8H2,1-5H3/t11-,12+. The Bertz CT molecular complexity index is 361. The van der Waals surface area contributed by atoms with Crippen molar-refractivity contribution in [2.24, 2.45) is 11.8 Å². The van der Waals surface area contributed by atoms with Crippen molar-refractivity contribution in [3.05, 3.63) is 0 Å². The number of hydrogen-bond donors (Lipinski definition) is 0. The predicted octanol–water partition coefficient (Wildman–Crippen LogP) is 2.04. The Morgan fingerprint density at radius 2 is 1.42 bits per heavy atom. The first-order valence-corrected chi connectivity index (χ1v) is 6.59. The maximum Gasteiger partial charge on any atom is 0.410 e. The van der Waals surface area contributed by atoms with Crippen LogP contribution in [0.15, 0.2) is 0 Å². The van der Waals surface area contributed by atoms with Gasteiger partial charge in [-0.3, -0.25) is 9.59 Å². The smallest absolute Gasteiger partial charge is 0.410 e. The van der Waals surface area contributed by atoms with E-state index in [0.29, 0.717) is 19.5 Å². The minimum Gasteiger partial charge on any atom is -0.444 e. The lowest BCUT2D eigenvalue weighted by molar-refractivity contribution is -0.127. The molecule has 108 valence electrons. The van der Waals surface area contributed by atoms with Crippen LogP contribution in [0.5, 0.6) is 0 Å². The fourth-order valence-electron chi connectivity index (χ4n) is 2.16. The molecule has 5 heteroatoms. The van der Waals surface area contributed by atoms with Crippen molar-refractivity contribution < 1.29 is 19.1 Å². The maximum absolute atomic E-state index is 12.0. The Hall–Kier alpha value is -1.39. The molecule has 1 heterocycles. The fourth-order valence-corrected chi connectivity index (χ4v) is 2.16. The Morgan fingerprint density at radius 3 is 1.74 bits per heavy atom. The highest BCUT2D eigenvalue weighted by molar-refractivity contribution is 5.83. The lowest BCUT2D eigenvalue weighted by Gasteiger charge is -2.36. The van der Waals surface area contributed by atoms with Crippen LogP contribution in [0.25, 0.3) is 0 Å². The van der Waals surface area contributed by atoms with E-state index in [1.807, 2.05) is 0 Å². The predicted molar refractivity (Wildman–Crippen MR) is 70.8 cm³/mol. The summed E-state index contributed by atoms with van der Waals surface area (Å²) in [5.74, 6) is -0.510. The molecule has 5 nitrogen and oxygen atoms in total. The van der Waals surface area contributed by atoms with Crippen LogP contribution in [0.3, 0.4) is 0 Å². The molecule has 1 rings (SSSR count). The Balaban J connectivity index is 2.79. The van der Waals surface area contributed by atoms with Crippen molar-refractivity contribution in [2.75, 3.05) is 13.1 Å². The Morgan fingerprint density at radius 1 is 1.00 bits per heavy atom. The van der Waals surface area contributed by atoms with Crippen LogP contribution in [0.4, 0.5) is 4.79 Å². The number of ketones is 2. The zero-order valence-corrected chi connectivity index (χ0v) is 12.4. The second-order valence-electron chi connectivity index (χ2n) is 6.24. The van der Waals surface area contributed by atoms with Crippen LogP contribution in [-0.2, 0) is 14.3 Å². The van der Waals surface area contributed by atoms with Crippen molar-refractivity contribution in [3.63, 3.8) is 0 Å². The molecule has 1 aliphatic rings. The minimum atomic E-state index is -0.577. The molecule has 2 atom stereocenters. The van der Waals surface area contributed by atoms with E-state index in [4.69, 9.17) is 4.74 Å². The summed E-state index contributed by atoms with van der Waals surface area (Å²) >= 11 is 0. The molecule has 0 saturated carbocycles. The van der Waals surface area contributed by atoms with Gasteiger partial charge in [0.2, 0.25) is 0 Å². The van der Waals surface area contributed by atoms with E-state index in [-0.39, 0.29) is 23.4 Å². The summed E-state index contributed by atoms with van der Waals surface area (Å²) in [7, 11) is 0. The third kappa shape index (κ3) is 4.65. The molecule has 0 aromatic heterocycles. The Labute approximate surface area is 114 Å². The number of amides is 1. The van der Waals surface area contributed by atoms with Crippen LogP contribution >= 0.6 is 0 Å². The molecule has 0 radical (unpaired) electrons. The monoisotopic (exact) mass is 269 g/mol. The quantitative estimate of drug-likeness (QED) is 0.769. The molecular weight excluding hydrogens is 246 g/mol. The molecule has 0 aromatic carbocycles. The number of carbonyl (C=O) groups excluding carboxylic acids is 3. The van der Waals surface area contributed by atoms with E-state index >= 15 is 0 Å². The third-order valence-electron chi connectivity index (χ3n) is 3.25. The highest BCUT2D eigenvalue weighted by Crippen LogP contribution is 2.25. The van der Waals surface area contributed by atoms with Crippen molar-refractivity contribution in [1.82, 2.24) is 4.90 Å². The van der Waals surface area contributed by atoms with E-state index in [2.05, 4.69) is 0 Å². The fraction of sp³-hybridized carbons (Fsp3) is 0.786. The van der Waals surface area contributed by atoms with E-state index in [9.17, 15) is 14.4 Å². The van der Waals surface area contributed by atoms with Crippen LogP contribution in [0, 0.1) is 11.8 Å². The number of likely N-dealkylation sites (tertiary alicyclic amines) is 1. The zero-order valence-electron chi connectivity index (χ0n) is 12.4. The summed E-state index contributed by atoms with van der Waals surface area (Å²) in [6.45, 7) is 9.06. The van der Waals surface area contributed by atoms with Gasteiger partial charge in [-0.25, -0.2) is 4.79 Å². The summed E-state index contributed by atoms with van der Waals surface area (Å²) in [5.41, 5.74) is -0.577. The molecule has 0 aliphatic carbocycles. The van der Waals surface area contributed by atoms with Gasteiger partial charge in [-0.05, 0) is 41.0 Å². The van der Waals surface area contributed by atoms with Gasteiger partial charge in [-0.15, -0.1) is 0 Å². The molecule has 1 aliphatic heterocycles. The summed E-state index contributed by atoms with van der Waals surface area (Å²) in [6.07, 6.45) is 0.0777. The van der Waals surface area contributed by atoms with Gasteiger partial charge < -0.3 is 9.64 Å². The molecule has 1 amide bonds. The molecule has 1 saturated heterocycles. The van der Waals surface area contributed by atoms with E-state index in [1.54, 1.807) is 20.8 Å². The first kappa shape index (κ1) is 15.7. The van der Waals surface area contributed by atoms with Crippen molar-refractivity contribution in [2.45, 2.75) is 46.6 Å². The van der Waals surface area contributed by atoms with Crippen molar-refractivity contribution >= 4 is 17.7 Å². The van der Waals surface area contributed by atoms with Gasteiger partial charge >= 0.3 is 6.09 Å². The summed E-state index contributed by atoms with van der Waals surface area (Å²) < 4.78 is 5.30. The number of Topliss-reactive ketones (excluding diaryl/α,β-unsaturated/α-hetero) is 2. The van der Waals surface area contributed by atoms with Crippen LogP contribution < -0.4 is 0 Å². The lowest BCUT2D eigenvalue weighted by Crippen LogP contribution is -2.49. The zero-order chi connectivity index (χ0) is 14.8. The molecule has 0 spiro atoms. The maximum atomic E-state index is 12.0. The summed E-state index contributed by atoms with van der Waals surface area (Å²) in [4.78, 5) is 36.6.